The van der Waals surface area contributed by atoms with Gasteiger partial charge in [0.1, 0.15) is 33.1 Å². The van der Waals surface area contributed by atoms with E-state index >= 15 is 0 Å². The number of fused-ring (bicyclic) bond motifs is 2. The van der Waals surface area contributed by atoms with Gasteiger partial charge in [-0.15, -0.1) is 11.3 Å². The molecule has 6 aromatic rings. The summed E-state index contributed by atoms with van der Waals surface area (Å²) >= 11 is 1.22. The first-order valence-corrected chi connectivity index (χ1v) is 20.1. The molecule has 0 radical (unpaired) electrons. The zero-order chi connectivity index (χ0) is 42.5. The Morgan fingerprint density at radius 1 is 0.883 bits per heavy atom. The van der Waals surface area contributed by atoms with Gasteiger partial charge >= 0.3 is 0 Å². The van der Waals surface area contributed by atoms with Gasteiger partial charge in [-0.3, -0.25) is 28.8 Å². The number of amides is 4. The minimum atomic E-state index is -0.654. The lowest BCUT2D eigenvalue weighted by atomic mass is 10.1. The van der Waals surface area contributed by atoms with Gasteiger partial charge in [-0.2, -0.15) is 15.1 Å². The van der Waals surface area contributed by atoms with Crippen LogP contribution in [-0.4, -0.2) is 109 Å². The van der Waals surface area contributed by atoms with E-state index in [0.29, 0.717) is 82.6 Å². The number of morpholine rings is 1. The standard InChI is InChI=1S/C40H46N12O7S/c1-5-52-29(17-23(2)48-52)37(55)46-39-45-28-19-26(36(42)54)21-31(59-14-8-9-49-12-15-58-16-13-49)34(28)51(39)11-7-6-10-50-33-27(18-25(35(41)53)20-30(33)57-4)44-40(50)47-38(56)32-22-43-24(3)60-32/h6-7,17-22H,5,8-16H2,1-4H3,(H2,41,53)(H2,42,54)(H,44,47,56)(H,45,46,55)/b7-6+. The molecule has 1 aliphatic rings. The Bertz CT molecular complexity index is 2780. The quantitative estimate of drug-likeness (QED) is 0.0870. The van der Waals surface area contributed by atoms with Gasteiger partial charge in [0.25, 0.3) is 11.8 Å². The Kier molecular flexibility index (Phi) is 12.5. The number of carbonyl (C=O) groups excluding carboxylic acids is 4. The van der Waals surface area contributed by atoms with E-state index in [1.54, 1.807) is 51.9 Å². The number of methoxy groups -OCH3 is 1. The number of primary amides is 2. The summed E-state index contributed by atoms with van der Waals surface area (Å²) in [5, 5.41) is 5.13. The molecule has 2 aromatic carbocycles. The first kappa shape index (κ1) is 41.5. The van der Waals surface area contributed by atoms with Crippen LogP contribution < -0.4 is 32.2 Å². The SMILES string of the molecule is CCn1nc(C)cc1C(=O)/N=c1\[nH]c2cc(C(N)=O)cc(OCCCN3CCOCC3)c2n1C/C=C/Cn1/c(=N\C(=O)c2cnc(C)s2)[nH]c2cc(C(N)=O)cc(OC)c21. The number of thiazole rings is 1. The van der Waals surface area contributed by atoms with Crippen LogP contribution in [0.5, 0.6) is 11.5 Å². The summed E-state index contributed by atoms with van der Waals surface area (Å²) in [6.07, 6.45) is 5.90. The summed E-state index contributed by atoms with van der Waals surface area (Å²) in [5.74, 6) is -1.60. The molecule has 7 rings (SSSR count). The third-order valence-electron chi connectivity index (χ3n) is 9.87. The zero-order valence-corrected chi connectivity index (χ0v) is 34.5. The van der Waals surface area contributed by atoms with E-state index in [0.717, 1.165) is 24.6 Å². The summed E-state index contributed by atoms with van der Waals surface area (Å²) in [7, 11) is 1.47. The molecule has 0 saturated carbocycles. The third kappa shape index (κ3) is 8.99. The van der Waals surface area contributed by atoms with Crippen molar-refractivity contribution in [2.75, 3.05) is 46.6 Å². The van der Waals surface area contributed by atoms with Crippen molar-refractivity contribution in [3.8, 4) is 11.5 Å². The number of aryl methyl sites for hydroxylation is 3. The molecular formula is C40H46N12O7S. The highest BCUT2D eigenvalue weighted by atomic mass is 32.1. The van der Waals surface area contributed by atoms with Crippen molar-refractivity contribution in [2.24, 2.45) is 21.5 Å². The summed E-state index contributed by atoms with van der Waals surface area (Å²) in [5.41, 5.74) is 15.2. The maximum Gasteiger partial charge on any atom is 0.298 e. The van der Waals surface area contributed by atoms with E-state index in [4.69, 9.17) is 25.7 Å². The van der Waals surface area contributed by atoms with E-state index in [1.165, 1.54) is 30.7 Å². The van der Waals surface area contributed by atoms with Crippen molar-refractivity contribution >= 4 is 57.0 Å². The van der Waals surface area contributed by atoms with Crippen LogP contribution >= 0.6 is 11.3 Å². The Balaban J connectivity index is 1.29. The fourth-order valence-electron chi connectivity index (χ4n) is 7.01. The van der Waals surface area contributed by atoms with Crippen LogP contribution in [0, 0.1) is 13.8 Å². The van der Waals surface area contributed by atoms with E-state index in [-0.39, 0.29) is 35.5 Å². The minimum absolute atomic E-state index is 0.176. The monoisotopic (exact) mass is 838 g/mol. The summed E-state index contributed by atoms with van der Waals surface area (Å²) in [6, 6.07) is 7.98. The Labute approximate surface area is 347 Å². The lowest BCUT2D eigenvalue weighted by Crippen LogP contribution is -2.37. The highest BCUT2D eigenvalue weighted by molar-refractivity contribution is 7.13. The largest absolute Gasteiger partial charge is 0.494 e. The van der Waals surface area contributed by atoms with Crippen molar-refractivity contribution in [1.82, 2.24) is 38.8 Å². The number of carbonyl (C=O) groups is 4. The maximum absolute atomic E-state index is 13.7. The lowest BCUT2D eigenvalue weighted by molar-refractivity contribution is 0.0358. The second-order valence-corrected chi connectivity index (χ2v) is 15.2. The average Bonchev–Trinajstić information content (AvgIpc) is 4.01. The summed E-state index contributed by atoms with van der Waals surface area (Å²) in [4.78, 5) is 73.8. The van der Waals surface area contributed by atoms with E-state index < -0.39 is 23.6 Å². The molecular weight excluding hydrogens is 793 g/mol. The molecule has 0 unspecified atom stereocenters. The average molecular weight is 839 g/mol. The molecule has 5 heterocycles. The van der Waals surface area contributed by atoms with Crippen molar-refractivity contribution in [1.29, 1.82) is 0 Å². The zero-order valence-electron chi connectivity index (χ0n) is 33.7. The number of H-pyrrole nitrogens is 2. The second-order valence-electron chi connectivity index (χ2n) is 14.0. The Hall–Kier alpha value is -6.64. The molecule has 0 atom stereocenters. The third-order valence-corrected chi connectivity index (χ3v) is 10.8. The van der Waals surface area contributed by atoms with Crippen LogP contribution in [0.4, 0.5) is 0 Å². The molecule has 0 bridgehead atoms. The predicted molar refractivity (Wildman–Crippen MR) is 222 cm³/mol. The van der Waals surface area contributed by atoms with Crippen LogP contribution in [0.3, 0.4) is 0 Å². The van der Waals surface area contributed by atoms with Crippen molar-refractivity contribution < 1.29 is 33.4 Å². The van der Waals surface area contributed by atoms with Crippen LogP contribution in [0.25, 0.3) is 22.1 Å². The first-order chi connectivity index (χ1) is 28.9. The van der Waals surface area contributed by atoms with Crippen LogP contribution in [0.2, 0.25) is 0 Å². The fourth-order valence-corrected chi connectivity index (χ4v) is 7.67. The summed E-state index contributed by atoms with van der Waals surface area (Å²) < 4.78 is 22.6. The number of nitrogens with zero attached hydrogens (tertiary/aromatic N) is 8. The van der Waals surface area contributed by atoms with Crippen LogP contribution in [0.15, 0.2) is 58.7 Å². The molecule has 0 spiro atoms. The number of imidazole rings is 2. The fraction of sp³-hybridized carbons (Fsp3) is 0.350. The lowest BCUT2D eigenvalue weighted by Gasteiger charge is -2.26. The van der Waals surface area contributed by atoms with E-state index in [9.17, 15) is 19.2 Å². The number of benzene rings is 2. The molecule has 4 aromatic heterocycles. The van der Waals surface area contributed by atoms with Gasteiger partial charge in [0, 0.05) is 50.4 Å². The Morgan fingerprint density at radius 3 is 2.05 bits per heavy atom. The van der Waals surface area contributed by atoms with Crippen molar-refractivity contribution in [3.05, 3.63) is 92.3 Å². The molecule has 6 N–H and O–H groups in total. The van der Waals surface area contributed by atoms with E-state index in [2.05, 4.69) is 34.9 Å². The van der Waals surface area contributed by atoms with Gasteiger partial charge in [-0.25, -0.2) is 4.98 Å². The molecule has 1 saturated heterocycles. The predicted octanol–water partition coefficient (Wildman–Crippen LogP) is 2.59. The van der Waals surface area contributed by atoms with Gasteiger partial charge in [-0.05, 0) is 57.5 Å². The maximum atomic E-state index is 13.7. The van der Waals surface area contributed by atoms with Gasteiger partial charge in [0.15, 0.2) is 0 Å². The number of ether oxygens (including phenoxy) is 3. The van der Waals surface area contributed by atoms with Crippen LogP contribution in [-0.2, 0) is 24.4 Å². The number of aromatic nitrogens is 7. The number of hydrogen-bond donors (Lipinski definition) is 4. The number of allylic oxidation sites excluding steroid dienone is 2. The van der Waals surface area contributed by atoms with Crippen LogP contribution in [0.1, 0.15) is 64.9 Å². The van der Waals surface area contributed by atoms with Crippen molar-refractivity contribution in [2.45, 2.75) is 46.8 Å². The summed E-state index contributed by atoms with van der Waals surface area (Å²) in [6.45, 7) is 10.5. The number of hydrogen-bond acceptors (Lipinski definition) is 11. The molecule has 19 nitrogen and oxygen atoms in total. The molecule has 4 amide bonds. The number of nitrogens with two attached hydrogens (primary N) is 2. The molecule has 60 heavy (non-hydrogen) atoms. The molecule has 1 fully saturated rings. The second kappa shape index (κ2) is 18.1. The Morgan fingerprint density at radius 2 is 1.48 bits per heavy atom. The molecule has 20 heteroatoms. The number of aromatic amines is 2. The van der Waals surface area contributed by atoms with Gasteiger partial charge < -0.3 is 44.8 Å². The molecule has 314 valence electrons. The topological polar surface area (TPSA) is 248 Å². The first-order valence-electron chi connectivity index (χ1n) is 19.3. The molecule has 1 aliphatic heterocycles. The normalized spacial score (nSPS) is 14.2. The minimum Gasteiger partial charge on any atom is -0.494 e. The highest BCUT2D eigenvalue weighted by Crippen LogP contribution is 2.28. The smallest absolute Gasteiger partial charge is 0.298 e. The van der Waals surface area contributed by atoms with Gasteiger partial charge in [0.05, 0.1) is 54.9 Å². The van der Waals surface area contributed by atoms with Crippen molar-refractivity contribution in [3.63, 3.8) is 0 Å². The van der Waals surface area contributed by atoms with E-state index in [1.807, 2.05) is 19.1 Å². The van der Waals surface area contributed by atoms with Gasteiger partial charge in [0.2, 0.25) is 23.1 Å². The molecule has 0 aliphatic carbocycles. The highest BCUT2D eigenvalue weighted by Gasteiger charge is 2.20. The number of nitrogens with one attached hydrogen (secondary N) is 2. The number of rotatable bonds is 15. The van der Waals surface area contributed by atoms with Gasteiger partial charge in [-0.1, -0.05) is 12.2 Å².